The number of thioether (sulfide) groups is 1. The summed E-state index contributed by atoms with van der Waals surface area (Å²) in [6, 6.07) is 8.95. The van der Waals surface area contributed by atoms with Gasteiger partial charge in [-0.3, -0.25) is 0 Å². The predicted octanol–water partition coefficient (Wildman–Crippen LogP) is 3.93. The van der Waals surface area contributed by atoms with Crippen LogP contribution in [0.1, 0.15) is 31.9 Å². The van der Waals surface area contributed by atoms with Crippen molar-refractivity contribution >= 4 is 27.7 Å². The average Bonchev–Trinajstić information content (AvgIpc) is 2.40. The Morgan fingerprint density at radius 2 is 1.95 bits per heavy atom. The van der Waals surface area contributed by atoms with Crippen molar-refractivity contribution in [1.82, 2.24) is 10.2 Å². The van der Waals surface area contributed by atoms with Crippen LogP contribution in [0.5, 0.6) is 0 Å². The molecule has 1 heterocycles. The molecule has 0 aliphatic carbocycles. The number of rotatable bonds is 5. The quantitative estimate of drug-likeness (QED) is 0.860. The SMILES string of the molecule is CNC(CCN1CC(C)SC(C)C1)c1ccccc1Br. The van der Waals surface area contributed by atoms with E-state index in [0.29, 0.717) is 6.04 Å². The molecule has 3 atom stereocenters. The molecule has 1 N–H and O–H groups in total. The third-order valence-corrected chi connectivity index (χ3v) is 5.81. The van der Waals surface area contributed by atoms with Gasteiger partial charge in [-0.2, -0.15) is 11.8 Å². The van der Waals surface area contributed by atoms with Gasteiger partial charge in [0.1, 0.15) is 0 Å². The molecule has 1 aromatic carbocycles. The molecule has 4 heteroatoms. The lowest BCUT2D eigenvalue weighted by atomic mass is 10.0. The normalized spacial score (nSPS) is 25.6. The Balaban J connectivity index is 1.93. The lowest BCUT2D eigenvalue weighted by molar-refractivity contribution is 0.256. The first-order valence-corrected chi connectivity index (χ1v) is 9.13. The molecule has 20 heavy (non-hydrogen) atoms. The monoisotopic (exact) mass is 356 g/mol. The van der Waals surface area contributed by atoms with E-state index in [1.807, 2.05) is 0 Å². The number of nitrogens with zero attached hydrogens (tertiary/aromatic N) is 1. The zero-order chi connectivity index (χ0) is 14.5. The standard InChI is InChI=1S/C16H25BrN2S/c1-12-10-19(11-13(2)20-12)9-8-16(18-3)14-6-4-5-7-15(14)17/h4-7,12-13,16,18H,8-11H2,1-3H3. The van der Waals surface area contributed by atoms with Crippen molar-refractivity contribution in [1.29, 1.82) is 0 Å². The van der Waals surface area contributed by atoms with E-state index >= 15 is 0 Å². The Hall–Kier alpha value is -0.0300. The summed E-state index contributed by atoms with van der Waals surface area (Å²) in [4.78, 5) is 2.62. The molecule has 112 valence electrons. The van der Waals surface area contributed by atoms with Gasteiger partial charge in [0.2, 0.25) is 0 Å². The number of hydrogen-bond acceptors (Lipinski definition) is 3. The summed E-state index contributed by atoms with van der Waals surface area (Å²) < 4.78 is 1.20. The Morgan fingerprint density at radius 3 is 2.55 bits per heavy atom. The molecule has 2 rings (SSSR count). The molecule has 1 aliphatic rings. The maximum atomic E-state index is 3.67. The van der Waals surface area contributed by atoms with Crippen LogP contribution in [0.3, 0.4) is 0 Å². The van der Waals surface area contributed by atoms with Crippen LogP contribution in [-0.4, -0.2) is 42.1 Å². The Bertz CT molecular complexity index is 417. The molecular weight excluding hydrogens is 332 g/mol. The largest absolute Gasteiger partial charge is 0.313 e. The number of halogens is 1. The van der Waals surface area contributed by atoms with Crippen LogP contribution in [0.2, 0.25) is 0 Å². The van der Waals surface area contributed by atoms with E-state index in [-0.39, 0.29) is 0 Å². The molecule has 0 aromatic heterocycles. The fraction of sp³-hybridized carbons (Fsp3) is 0.625. The van der Waals surface area contributed by atoms with Crippen LogP contribution >= 0.6 is 27.7 Å². The molecule has 0 radical (unpaired) electrons. The van der Waals surface area contributed by atoms with Crippen molar-refractivity contribution in [3.63, 3.8) is 0 Å². The van der Waals surface area contributed by atoms with E-state index in [2.05, 4.69) is 83.1 Å². The summed E-state index contributed by atoms with van der Waals surface area (Å²) in [7, 11) is 2.06. The minimum absolute atomic E-state index is 0.422. The first-order valence-electron chi connectivity index (χ1n) is 7.39. The zero-order valence-corrected chi connectivity index (χ0v) is 15.0. The highest BCUT2D eigenvalue weighted by atomic mass is 79.9. The predicted molar refractivity (Wildman–Crippen MR) is 93.5 cm³/mol. The summed E-state index contributed by atoms with van der Waals surface area (Å²) in [5.41, 5.74) is 1.36. The van der Waals surface area contributed by atoms with Crippen molar-refractivity contribution in [2.45, 2.75) is 36.8 Å². The summed E-state index contributed by atoms with van der Waals surface area (Å²) in [5.74, 6) is 0. The highest BCUT2D eigenvalue weighted by molar-refractivity contribution is 9.10. The topological polar surface area (TPSA) is 15.3 Å². The second kappa shape index (κ2) is 7.83. The minimum Gasteiger partial charge on any atom is -0.313 e. The molecule has 1 saturated heterocycles. The second-order valence-electron chi connectivity index (χ2n) is 5.67. The first kappa shape index (κ1) is 16.3. The second-order valence-corrected chi connectivity index (χ2v) is 8.40. The fourth-order valence-corrected chi connectivity index (χ4v) is 4.94. The lowest BCUT2D eigenvalue weighted by Crippen LogP contribution is -2.41. The number of nitrogens with one attached hydrogen (secondary N) is 1. The van der Waals surface area contributed by atoms with Crippen LogP contribution in [0, 0.1) is 0 Å². The molecule has 1 fully saturated rings. The third-order valence-electron chi connectivity index (χ3n) is 3.86. The molecule has 1 aliphatic heterocycles. The van der Waals surface area contributed by atoms with Crippen molar-refractivity contribution in [2.75, 3.05) is 26.7 Å². The van der Waals surface area contributed by atoms with Gasteiger partial charge in [-0.05, 0) is 25.1 Å². The summed E-state index contributed by atoms with van der Waals surface area (Å²) in [5, 5.41) is 4.98. The van der Waals surface area contributed by atoms with E-state index in [0.717, 1.165) is 16.9 Å². The maximum Gasteiger partial charge on any atom is 0.0340 e. The molecule has 3 unspecified atom stereocenters. The Labute approximate surface area is 135 Å². The van der Waals surface area contributed by atoms with E-state index in [1.165, 1.54) is 29.7 Å². The van der Waals surface area contributed by atoms with E-state index < -0.39 is 0 Å². The molecular formula is C16H25BrN2S. The summed E-state index contributed by atoms with van der Waals surface area (Å²) >= 11 is 5.78. The van der Waals surface area contributed by atoms with Gasteiger partial charge in [0, 0.05) is 40.6 Å². The third kappa shape index (κ3) is 4.48. The molecule has 0 bridgehead atoms. The fourth-order valence-electron chi connectivity index (χ4n) is 2.99. The Morgan fingerprint density at radius 1 is 1.30 bits per heavy atom. The van der Waals surface area contributed by atoms with Gasteiger partial charge in [-0.25, -0.2) is 0 Å². The molecule has 0 amide bonds. The lowest BCUT2D eigenvalue weighted by Gasteiger charge is -2.35. The zero-order valence-electron chi connectivity index (χ0n) is 12.6. The van der Waals surface area contributed by atoms with Gasteiger partial charge in [-0.15, -0.1) is 0 Å². The van der Waals surface area contributed by atoms with Crippen molar-refractivity contribution < 1.29 is 0 Å². The molecule has 1 aromatic rings. The minimum atomic E-state index is 0.422. The van der Waals surface area contributed by atoms with Crippen LogP contribution in [0.4, 0.5) is 0 Å². The van der Waals surface area contributed by atoms with Gasteiger partial charge in [0.05, 0.1) is 0 Å². The van der Waals surface area contributed by atoms with Crippen molar-refractivity contribution in [3.05, 3.63) is 34.3 Å². The molecule has 2 nitrogen and oxygen atoms in total. The first-order chi connectivity index (χ1) is 9.60. The summed E-state index contributed by atoms with van der Waals surface area (Å²) in [6.07, 6.45) is 1.16. The molecule has 0 saturated carbocycles. The molecule has 0 spiro atoms. The van der Waals surface area contributed by atoms with Gasteiger partial charge < -0.3 is 10.2 Å². The van der Waals surface area contributed by atoms with Crippen molar-refractivity contribution in [3.8, 4) is 0 Å². The smallest absolute Gasteiger partial charge is 0.0340 e. The van der Waals surface area contributed by atoms with E-state index in [9.17, 15) is 0 Å². The summed E-state index contributed by atoms with van der Waals surface area (Å²) in [6.45, 7) is 8.30. The van der Waals surface area contributed by atoms with Gasteiger partial charge in [0.25, 0.3) is 0 Å². The van der Waals surface area contributed by atoms with Crippen LogP contribution < -0.4 is 5.32 Å². The maximum absolute atomic E-state index is 3.67. The number of benzene rings is 1. The van der Waals surface area contributed by atoms with Crippen molar-refractivity contribution in [2.24, 2.45) is 0 Å². The highest BCUT2D eigenvalue weighted by Crippen LogP contribution is 2.28. The highest BCUT2D eigenvalue weighted by Gasteiger charge is 2.23. The van der Waals surface area contributed by atoms with Crippen LogP contribution in [0.25, 0.3) is 0 Å². The van der Waals surface area contributed by atoms with Gasteiger partial charge >= 0.3 is 0 Å². The number of hydrogen-bond donors (Lipinski definition) is 1. The van der Waals surface area contributed by atoms with Gasteiger partial charge in [0.15, 0.2) is 0 Å². The Kier molecular flexibility index (Phi) is 6.40. The van der Waals surface area contributed by atoms with E-state index in [1.54, 1.807) is 0 Å². The van der Waals surface area contributed by atoms with Crippen LogP contribution in [-0.2, 0) is 0 Å². The van der Waals surface area contributed by atoms with E-state index in [4.69, 9.17) is 0 Å². The average molecular weight is 357 g/mol. The van der Waals surface area contributed by atoms with Gasteiger partial charge in [-0.1, -0.05) is 48.0 Å². The van der Waals surface area contributed by atoms with Crippen LogP contribution in [0.15, 0.2) is 28.7 Å².